The van der Waals surface area contributed by atoms with Crippen LogP contribution in [0.3, 0.4) is 0 Å². The lowest BCUT2D eigenvalue weighted by atomic mass is 9.98. The molecule has 0 bridgehead atoms. The fourth-order valence-corrected chi connectivity index (χ4v) is 4.48. The molecule has 1 aliphatic heterocycles. The van der Waals surface area contributed by atoms with Gasteiger partial charge in [-0.25, -0.2) is 0 Å². The highest BCUT2D eigenvalue weighted by atomic mass is 35.5. The number of halogens is 4. The van der Waals surface area contributed by atoms with E-state index in [1.165, 1.54) is 0 Å². The second-order valence-electron chi connectivity index (χ2n) is 9.52. The maximum absolute atomic E-state index is 12.9. The van der Waals surface area contributed by atoms with Crippen LogP contribution < -0.4 is 20.5 Å². The third-order valence-electron chi connectivity index (χ3n) is 6.53. The van der Waals surface area contributed by atoms with Gasteiger partial charge in [0.15, 0.2) is 11.9 Å². The quantitative estimate of drug-likeness (QED) is 0.167. The number of carbonyl (C=O) groups is 2. The van der Waals surface area contributed by atoms with Crippen molar-refractivity contribution in [3.63, 3.8) is 0 Å². The van der Waals surface area contributed by atoms with E-state index < -0.39 is 36.1 Å². The number of aliphatic hydroxyl groups excluding tert-OH is 1. The number of oxime groups is 1. The number of hydrogen-bond donors (Lipinski definition) is 3. The Hall–Kier alpha value is -4.49. The number of amides is 2. The summed E-state index contributed by atoms with van der Waals surface area (Å²) in [7, 11) is 1.57. The normalized spacial score (nSPS) is 15.7. The molecule has 3 aromatic rings. The van der Waals surface area contributed by atoms with Crippen molar-refractivity contribution < 1.29 is 42.2 Å². The van der Waals surface area contributed by atoms with E-state index in [1.54, 1.807) is 31.4 Å². The van der Waals surface area contributed by atoms with Crippen molar-refractivity contribution in [3.05, 3.63) is 94.0 Å². The van der Waals surface area contributed by atoms with Gasteiger partial charge >= 0.3 is 6.36 Å². The fraction of sp³-hybridized carbons (Fsp3) is 0.276. The molecule has 2 atom stereocenters. The van der Waals surface area contributed by atoms with E-state index in [0.29, 0.717) is 17.7 Å². The lowest BCUT2D eigenvalue weighted by Crippen LogP contribution is -2.59. The Labute approximate surface area is 249 Å². The topological polar surface area (TPSA) is 136 Å². The van der Waals surface area contributed by atoms with Gasteiger partial charge in [-0.1, -0.05) is 53.2 Å². The lowest BCUT2D eigenvalue weighted by Gasteiger charge is -2.40. The molecule has 2 amide bonds. The van der Waals surface area contributed by atoms with Crippen LogP contribution in [-0.2, 0) is 27.6 Å². The predicted octanol–water partition coefficient (Wildman–Crippen LogP) is 4.04. The molecule has 228 valence electrons. The molecule has 1 saturated heterocycles. The summed E-state index contributed by atoms with van der Waals surface area (Å²) < 4.78 is 46.8. The van der Waals surface area contributed by atoms with E-state index in [4.69, 9.17) is 26.9 Å². The third kappa shape index (κ3) is 8.52. The first kappa shape index (κ1) is 31.4. The first-order valence-electron chi connectivity index (χ1n) is 12.9. The number of nitrogens with one attached hydrogen (secondary N) is 1. The van der Waals surface area contributed by atoms with Gasteiger partial charge in [0, 0.05) is 23.7 Å². The van der Waals surface area contributed by atoms with Gasteiger partial charge in [0.2, 0.25) is 5.91 Å². The van der Waals surface area contributed by atoms with E-state index in [1.807, 2.05) is 24.3 Å². The van der Waals surface area contributed by atoms with E-state index in [2.05, 4.69) is 15.2 Å². The number of carbonyl (C=O) groups excluding carboxylic acids is 2. The molecule has 4 N–H and O–H groups in total. The van der Waals surface area contributed by atoms with Crippen molar-refractivity contribution in [1.82, 2.24) is 10.2 Å². The molecule has 0 radical (unpaired) electrons. The highest BCUT2D eigenvalue weighted by molar-refractivity contribution is 6.30. The Bertz CT molecular complexity index is 1490. The number of rotatable bonds is 11. The molecule has 0 aromatic heterocycles. The summed E-state index contributed by atoms with van der Waals surface area (Å²) in [6.45, 7) is 0.538. The Kier molecular flexibility index (Phi) is 9.99. The number of hydrogen-bond acceptors (Lipinski definition) is 7. The molecule has 1 heterocycles. The maximum atomic E-state index is 12.9. The van der Waals surface area contributed by atoms with Crippen LogP contribution in [0.5, 0.6) is 11.5 Å². The van der Waals surface area contributed by atoms with E-state index >= 15 is 0 Å². The molecular formula is C29H28ClF3N4O6. The van der Waals surface area contributed by atoms with Gasteiger partial charge in [-0.2, -0.15) is 0 Å². The molecule has 0 aliphatic carbocycles. The first-order valence-corrected chi connectivity index (χ1v) is 13.3. The monoisotopic (exact) mass is 620 g/mol. The number of methoxy groups -OCH3 is 1. The summed E-state index contributed by atoms with van der Waals surface area (Å²) in [6.07, 6.45) is -6.47. The van der Waals surface area contributed by atoms with Crippen molar-refractivity contribution in [2.75, 3.05) is 13.7 Å². The van der Waals surface area contributed by atoms with Crippen LogP contribution in [-0.4, -0.2) is 53.7 Å². The van der Waals surface area contributed by atoms with Gasteiger partial charge in [0.25, 0.3) is 5.91 Å². The van der Waals surface area contributed by atoms with Crippen LogP contribution in [0, 0.1) is 0 Å². The van der Waals surface area contributed by atoms with E-state index in [-0.39, 0.29) is 36.1 Å². The number of ether oxygens (including phenoxy) is 2. The van der Waals surface area contributed by atoms with Crippen LogP contribution in [0.15, 0.2) is 71.9 Å². The van der Waals surface area contributed by atoms with Gasteiger partial charge < -0.3 is 35.4 Å². The van der Waals surface area contributed by atoms with E-state index in [0.717, 1.165) is 34.2 Å². The molecule has 4 rings (SSSR count). The molecule has 1 fully saturated rings. The Balaban J connectivity index is 1.28. The molecular weight excluding hydrogens is 593 g/mol. The fourth-order valence-electron chi connectivity index (χ4n) is 4.25. The summed E-state index contributed by atoms with van der Waals surface area (Å²) in [4.78, 5) is 32.1. The first-order chi connectivity index (χ1) is 20.4. The Morgan fingerprint density at radius 2 is 1.86 bits per heavy atom. The van der Waals surface area contributed by atoms with Crippen LogP contribution in [0.1, 0.15) is 34.8 Å². The summed E-state index contributed by atoms with van der Waals surface area (Å²) in [5.74, 6) is -1.11. The molecule has 3 aromatic carbocycles. The molecule has 1 aliphatic rings. The molecule has 0 unspecified atom stereocenters. The van der Waals surface area contributed by atoms with Crippen molar-refractivity contribution in [3.8, 4) is 11.5 Å². The van der Waals surface area contributed by atoms with Gasteiger partial charge in [-0.05, 0) is 53.4 Å². The highest BCUT2D eigenvalue weighted by Crippen LogP contribution is 2.31. The molecule has 0 saturated carbocycles. The zero-order valence-electron chi connectivity index (χ0n) is 22.8. The minimum absolute atomic E-state index is 0.149. The third-order valence-corrected chi connectivity index (χ3v) is 6.75. The van der Waals surface area contributed by atoms with Crippen LogP contribution in [0.4, 0.5) is 13.2 Å². The van der Waals surface area contributed by atoms with Crippen LogP contribution in [0.2, 0.25) is 5.02 Å². The second-order valence-corrected chi connectivity index (χ2v) is 9.96. The average Bonchev–Trinajstić information content (AvgIpc) is 2.94. The lowest BCUT2D eigenvalue weighted by molar-refractivity contribution is -0.274. The number of nitrogens with two attached hydrogens (primary N) is 1. The number of likely N-dealkylation sites (tertiary alicyclic amines) is 1. The average molecular weight is 621 g/mol. The van der Waals surface area contributed by atoms with Gasteiger partial charge in [0.1, 0.15) is 24.1 Å². The minimum atomic E-state index is -4.98. The van der Waals surface area contributed by atoms with Gasteiger partial charge in [-0.15, -0.1) is 13.2 Å². The number of aliphatic hydroxyl groups is 1. The Morgan fingerprint density at radius 3 is 2.51 bits per heavy atom. The summed E-state index contributed by atoms with van der Waals surface area (Å²) in [5.41, 5.74) is 8.03. The predicted molar refractivity (Wildman–Crippen MR) is 150 cm³/mol. The smallest absolute Gasteiger partial charge is 0.497 e. The zero-order valence-corrected chi connectivity index (χ0v) is 23.6. The number of alkyl halides is 3. The maximum Gasteiger partial charge on any atom is 0.573 e. The van der Waals surface area contributed by atoms with Crippen LogP contribution in [0.25, 0.3) is 0 Å². The number of nitrogens with zero attached hydrogens (tertiary/aromatic N) is 2. The zero-order chi connectivity index (χ0) is 31.1. The minimum Gasteiger partial charge on any atom is -0.497 e. The number of amidine groups is 1. The Morgan fingerprint density at radius 1 is 1.12 bits per heavy atom. The summed E-state index contributed by atoms with van der Waals surface area (Å²) in [5, 5.41) is 17.0. The van der Waals surface area contributed by atoms with Crippen LogP contribution >= 0.6 is 11.6 Å². The summed E-state index contributed by atoms with van der Waals surface area (Å²) >= 11 is 5.84. The van der Waals surface area contributed by atoms with Crippen molar-refractivity contribution >= 4 is 29.3 Å². The standard InChI is InChI=1S/C29H28ClF3N4O6/c1-41-22-4-2-3-18(11-22)16-42-36-26(34)19-7-5-17(6-8-19)15-35-27(39)24-9-10-37(24)28(40)25(38)20-12-21(30)14-23(13-20)43-29(31,32)33/h2-8,11-14,24-25,38H,9-10,15-16H2,1H3,(H2,34,36)(H,35,39)/t24-,25+/m0/s1. The van der Waals surface area contributed by atoms with Crippen molar-refractivity contribution in [1.29, 1.82) is 0 Å². The SMILES string of the molecule is COc1cccc(CO/N=C(\N)c2ccc(CNC(=O)[C@@H]3CCN3C(=O)[C@H](O)c3cc(Cl)cc(OC(F)(F)F)c3)cc2)c1. The van der Waals surface area contributed by atoms with Gasteiger partial charge in [-0.3, -0.25) is 9.59 Å². The molecule has 43 heavy (non-hydrogen) atoms. The summed E-state index contributed by atoms with van der Waals surface area (Å²) in [6, 6.07) is 16.3. The van der Waals surface area contributed by atoms with E-state index in [9.17, 15) is 27.9 Å². The molecule has 10 nitrogen and oxygen atoms in total. The largest absolute Gasteiger partial charge is 0.573 e. The van der Waals surface area contributed by atoms with Crippen molar-refractivity contribution in [2.45, 2.75) is 38.1 Å². The number of benzene rings is 3. The second kappa shape index (κ2) is 13.7. The molecule has 0 spiro atoms. The van der Waals surface area contributed by atoms with Crippen molar-refractivity contribution in [2.24, 2.45) is 10.9 Å². The highest BCUT2D eigenvalue weighted by Gasteiger charge is 2.40. The van der Waals surface area contributed by atoms with Gasteiger partial charge in [0.05, 0.1) is 7.11 Å². The molecule has 14 heteroatoms.